The highest BCUT2D eigenvalue weighted by Crippen LogP contribution is 2.30. The Kier molecular flexibility index (Phi) is 3.85. The van der Waals surface area contributed by atoms with Crippen LogP contribution in [-0.2, 0) is 6.18 Å². The average Bonchev–Trinajstić information content (AvgIpc) is 2.17. The quantitative estimate of drug-likeness (QED) is 0.798. The molecule has 0 saturated heterocycles. The summed E-state index contributed by atoms with van der Waals surface area (Å²) in [6.45, 7) is 0. The maximum atomic E-state index is 12.4. The van der Waals surface area contributed by atoms with Crippen LogP contribution in [0.5, 0.6) is 0 Å². The summed E-state index contributed by atoms with van der Waals surface area (Å²) in [4.78, 5) is 0. The highest BCUT2D eigenvalue weighted by Gasteiger charge is 2.30. The average molecular weight is 239 g/mol. The van der Waals surface area contributed by atoms with Crippen molar-refractivity contribution in [1.82, 2.24) is 5.32 Å². The van der Waals surface area contributed by atoms with E-state index in [2.05, 4.69) is 5.32 Å². The van der Waals surface area contributed by atoms with Crippen LogP contribution in [0.2, 0.25) is 0 Å². The number of hydrogen-bond donors (Lipinski definition) is 1. The number of rotatable bonds is 3. The third kappa shape index (κ3) is 2.91. The summed E-state index contributed by atoms with van der Waals surface area (Å²) in [7, 11) is 1.33. The van der Waals surface area contributed by atoms with E-state index in [0.717, 1.165) is 24.3 Å². The van der Waals surface area contributed by atoms with E-state index in [1.807, 2.05) is 0 Å². The zero-order valence-electron chi connectivity index (χ0n) is 8.35. The highest BCUT2D eigenvalue weighted by molar-refractivity contribution is 5.27. The number of benzene rings is 1. The molecule has 1 aromatic carbocycles. The van der Waals surface area contributed by atoms with Crippen LogP contribution in [0.15, 0.2) is 24.3 Å². The van der Waals surface area contributed by atoms with Crippen LogP contribution in [0.1, 0.15) is 17.2 Å². The molecule has 1 aromatic rings. The molecule has 16 heavy (non-hydrogen) atoms. The van der Waals surface area contributed by atoms with E-state index < -0.39 is 24.2 Å². The van der Waals surface area contributed by atoms with Crippen LogP contribution in [-0.4, -0.2) is 13.5 Å². The second-order valence-corrected chi connectivity index (χ2v) is 3.22. The third-order valence-electron chi connectivity index (χ3n) is 2.16. The van der Waals surface area contributed by atoms with E-state index in [9.17, 15) is 22.0 Å². The topological polar surface area (TPSA) is 12.0 Å². The minimum absolute atomic E-state index is 0.130. The number of hydrogen-bond acceptors (Lipinski definition) is 1. The molecule has 1 rings (SSSR count). The van der Waals surface area contributed by atoms with E-state index in [1.54, 1.807) is 0 Å². The van der Waals surface area contributed by atoms with E-state index in [-0.39, 0.29) is 5.56 Å². The first-order valence-corrected chi connectivity index (χ1v) is 4.49. The minimum atomic E-state index is -4.45. The molecule has 0 amide bonds. The van der Waals surface area contributed by atoms with Crippen LogP contribution in [0.25, 0.3) is 0 Å². The maximum Gasteiger partial charge on any atom is 0.416 e. The molecule has 6 heteroatoms. The Bertz CT molecular complexity index is 330. The fourth-order valence-corrected chi connectivity index (χ4v) is 1.32. The first-order valence-electron chi connectivity index (χ1n) is 4.49. The first-order chi connectivity index (χ1) is 7.36. The van der Waals surface area contributed by atoms with Gasteiger partial charge in [0.2, 0.25) is 0 Å². The van der Waals surface area contributed by atoms with E-state index in [0.29, 0.717) is 0 Å². The van der Waals surface area contributed by atoms with Crippen LogP contribution < -0.4 is 5.32 Å². The van der Waals surface area contributed by atoms with Gasteiger partial charge in [-0.3, -0.25) is 0 Å². The highest BCUT2D eigenvalue weighted by atomic mass is 19.4. The molecule has 0 saturated carbocycles. The Morgan fingerprint density at radius 3 is 1.88 bits per heavy atom. The smallest absolute Gasteiger partial charge is 0.308 e. The number of halogens is 5. The summed E-state index contributed by atoms with van der Waals surface area (Å²) in [5.74, 6) is 0. The lowest BCUT2D eigenvalue weighted by Gasteiger charge is -2.16. The van der Waals surface area contributed by atoms with Gasteiger partial charge in [-0.25, -0.2) is 8.78 Å². The van der Waals surface area contributed by atoms with Gasteiger partial charge in [0.1, 0.15) is 0 Å². The molecule has 90 valence electrons. The Morgan fingerprint density at radius 2 is 1.56 bits per heavy atom. The molecule has 0 aliphatic heterocycles. The molecule has 1 unspecified atom stereocenters. The van der Waals surface area contributed by atoms with Crippen molar-refractivity contribution < 1.29 is 22.0 Å². The summed E-state index contributed by atoms with van der Waals surface area (Å²) in [5, 5.41) is 2.34. The van der Waals surface area contributed by atoms with Crippen molar-refractivity contribution in [3.05, 3.63) is 35.4 Å². The van der Waals surface area contributed by atoms with Gasteiger partial charge in [0.05, 0.1) is 11.6 Å². The molecule has 0 radical (unpaired) electrons. The lowest BCUT2D eigenvalue weighted by atomic mass is 10.1. The molecule has 0 heterocycles. The largest absolute Gasteiger partial charge is 0.416 e. The molecule has 0 aliphatic carbocycles. The molecule has 1 nitrogen and oxygen atoms in total. The molecule has 0 bridgehead atoms. The lowest BCUT2D eigenvalue weighted by Crippen LogP contribution is -2.23. The molecule has 0 aliphatic rings. The van der Waals surface area contributed by atoms with Crippen molar-refractivity contribution in [3.8, 4) is 0 Å². The van der Waals surface area contributed by atoms with Gasteiger partial charge in [-0.05, 0) is 24.7 Å². The van der Waals surface area contributed by atoms with Crippen molar-refractivity contribution in [2.45, 2.75) is 18.6 Å². The van der Waals surface area contributed by atoms with Crippen molar-refractivity contribution in [3.63, 3.8) is 0 Å². The second kappa shape index (κ2) is 4.78. The number of alkyl halides is 5. The SMILES string of the molecule is CNC(c1ccc(C(F)(F)F)cc1)C(F)F. The normalized spacial score (nSPS) is 14.2. The van der Waals surface area contributed by atoms with Crippen LogP contribution in [0, 0.1) is 0 Å². The fourth-order valence-electron chi connectivity index (χ4n) is 1.32. The Hall–Kier alpha value is -1.17. The molecule has 0 spiro atoms. The van der Waals surface area contributed by atoms with Gasteiger partial charge in [-0.15, -0.1) is 0 Å². The Balaban J connectivity index is 2.94. The monoisotopic (exact) mass is 239 g/mol. The molecular weight excluding hydrogens is 229 g/mol. The summed E-state index contributed by atoms with van der Waals surface area (Å²) >= 11 is 0. The van der Waals surface area contributed by atoms with Crippen molar-refractivity contribution in [1.29, 1.82) is 0 Å². The molecular formula is C10H10F5N. The van der Waals surface area contributed by atoms with E-state index in [1.165, 1.54) is 7.05 Å². The van der Waals surface area contributed by atoms with Crippen LogP contribution >= 0.6 is 0 Å². The lowest BCUT2D eigenvalue weighted by molar-refractivity contribution is -0.137. The summed E-state index contributed by atoms with van der Waals surface area (Å²) < 4.78 is 61.5. The van der Waals surface area contributed by atoms with Crippen LogP contribution in [0.3, 0.4) is 0 Å². The summed E-state index contributed by atoms with van der Waals surface area (Å²) in [6, 6.07) is 2.44. The van der Waals surface area contributed by atoms with Gasteiger partial charge in [0.15, 0.2) is 0 Å². The maximum absolute atomic E-state index is 12.4. The Labute approximate surface area is 89.3 Å². The molecule has 1 atom stereocenters. The zero-order valence-corrected chi connectivity index (χ0v) is 8.35. The van der Waals surface area contributed by atoms with Crippen LogP contribution in [0.4, 0.5) is 22.0 Å². The summed E-state index contributed by atoms with van der Waals surface area (Å²) in [6.07, 6.45) is -7.11. The van der Waals surface area contributed by atoms with Gasteiger partial charge >= 0.3 is 6.18 Å². The fraction of sp³-hybridized carbons (Fsp3) is 0.400. The molecule has 0 fully saturated rings. The van der Waals surface area contributed by atoms with Crippen molar-refractivity contribution in [2.75, 3.05) is 7.05 Å². The van der Waals surface area contributed by atoms with Gasteiger partial charge < -0.3 is 5.32 Å². The minimum Gasteiger partial charge on any atom is -0.308 e. The van der Waals surface area contributed by atoms with Gasteiger partial charge in [-0.1, -0.05) is 12.1 Å². The second-order valence-electron chi connectivity index (χ2n) is 3.22. The zero-order chi connectivity index (χ0) is 12.3. The number of nitrogens with one attached hydrogen (secondary N) is 1. The van der Waals surface area contributed by atoms with Crippen molar-refractivity contribution in [2.24, 2.45) is 0 Å². The Morgan fingerprint density at radius 1 is 1.06 bits per heavy atom. The third-order valence-corrected chi connectivity index (χ3v) is 2.16. The summed E-state index contributed by atoms with van der Waals surface area (Å²) in [5.41, 5.74) is -0.717. The molecule has 1 N–H and O–H groups in total. The molecule has 0 aromatic heterocycles. The van der Waals surface area contributed by atoms with Gasteiger partial charge in [-0.2, -0.15) is 13.2 Å². The first kappa shape index (κ1) is 12.9. The standard InChI is InChI=1S/C10H10F5N/c1-16-8(9(11)12)6-2-4-7(5-3-6)10(13,14)15/h2-5,8-9,16H,1H3. The van der Waals surface area contributed by atoms with Crippen molar-refractivity contribution >= 4 is 0 Å². The van der Waals surface area contributed by atoms with Gasteiger partial charge in [0.25, 0.3) is 6.43 Å². The predicted octanol–water partition coefficient (Wildman–Crippen LogP) is 3.23. The predicted molar refractivity (Wildman–Crippen MR) is 49.2 cm³/mol. The van der Waals surface area contributed by atoms with Gasteiger partial charge in [0, 0.05) is 0 Å². The van der Waals surface area contributed by atoms with E-state index in [4.69, 9.17) is 0 Å². The van der Waals surface area contributed by atoms with E-state index >= 15 is 0 Å².